The van der Waals surface area contributed by atoms with Crippen molar-refractivity contribution in [3.8, 4) is 0 Å². The Hall–Kier alpha value is -0.940. The molecule has 0 fully saturated rings. The minimum atomic E-state index is 0.280. The average molecular weight is 294 g/mol. The van der Waals surface area contributed by atoms with Crippen LogP contribution >= 0.6 is 0 Å². The zero-order chi connectivity index (χ0) is 15.7. The molecule has 4 nitrogen and oxygen atoms in total. The molecule has 0 spiro atoms. The van der Waals surface area contributed by atoms with Gasteiger partial charge in [0.15, 0.2) is 0 Å². The molecule has 0 radical (unpaired) electrons. The van der Waals surface area contributed by atoms with E-state index in [1.54, 1.807) is 14.2 Å². The monoisotopic (exact) mass is 294 g/mol. The standard InChI is InChI=1S/C17H30N2O2/c1-14(13-21-5)19(11-12-20-4)15(2)17(18-3)16-9-7-6-8-10-16/h6-10,14-15,17-18H,11-13H2,1-5H3. The Morgan fingerprint density at radius 2 is 1.76 bits per heavy atom. The van der Waals surface area contributed by atoms with Gasteiger partial charge in [-0.1, -0.05) is 30.3 Å². The highest BCUT2D eigenvalue weighted by atomic mass is 16.5. The minimum Gasteiger partial charge on any atom is -0.383 e. The third-order valence-electron chi connectivity index (χ3n) is 4.00. The molecule has 1 aromatic carbocycles. The van der Waals surface area contributed by atoms with Crippen molar-refractivity contribution in [2.45, 2.75) is 32.0 Å². The molecule has 1 N–H and O–H groups in total. The van der Waals surface area contributed by atoms with Gasteiger partial charge in [0.25, 0.3) is 0 Å². The van der Waals surface area contributed by atoms with Gasteiger partial charge in [-0.25, -0.2) is 0 Å². The lowest BCUT2D eigenvalue weighted by molar-refractivity contribution is 0.0409. The van der Waals surface area contributed by atoms with Gasteiger partial charge in [0.1, 0.15) is 0 Å². The normalized spacial score (nSPS) is 15.9. The second kappa shape index (κ2) is 9.90. The van der Waals surface area contributed by atoms with Crippen LogP contribution < -0.4 is 5.32 Å². The summed E-state index contributed by atoms with van der Waals surface area (Å²) in [7, 11) is 5.52. The Kier molecular flexibility index (Phi) is 8.54. The van der Waals surface area contributed by atoms with E-state index in [1.807, 2.05) is 7.05 Å². The van der Waals surface area contributed by atoms with E-state index in [-0.39, 0.29) is 6.04 Å². The zero-order valence-corrected chi connectivity index (χ0v) is 14.0. The Morgan fingerprint density at radius 3 is 2.29 bits per heavy atom. The number of hydrogen-bond donors (Lipinski definition) is 1. The molecule has 0 saturated carbocycles. The average Bonchev–Trinajstić information content (AvgIpc) is 2.50. The van der Waals surface area contributed by atoms with E-state index >= 15 is 0 Å². The number of likely N-dealkylation sites (N-methyl/N-ethyl adjacent to an activating group) is 1. The third kappa shape index (κ3) is 5.40. The molecule has 3 unspecified atom stereocenters. The first-order valence-corrected chi connectivity index (χ1v) is 7.61. The highest BCUT2D eigenvalue weighted by Crippen LogP contribution is 2.22. The smallest absolute Gasteiger partial charge is 0.0615 e. The van der Waals surface area contributed by atoms with Gasteiger partial charge in [-0.05, 0) is 26.5 Å². The van der Waals surface area contributed by atoms with Crippen molar-refractivity contribution in [3.63, 3.8) is 0 Å². The maximum Gasteiger partial charge on any atom is 0.0615 e. The molecular formula is C17H30N2O2. The van der Waals surface area contributed by atoms with Gasteiger partial charge in [0.2, 0.25) is 0 Å². The van der Waals surface area contributed by atoms with Gasteiger partial charge in [0.05, 0.1) is 13.2 Å². The first-order valence-electron chi connectivity index (χ1n) is 7.61. The lowest BCUT2D eigenvalue weighted by atomic mass is 9.98. The predicted octanol–water partition coefficient (Wildman–Crippen LogP) is 2.32. The Morgan fingerprint density at radius 1 is 1.10 bits per heavy atom. The molecule has 0 saturated heterocycles. The maximum absolute atomic E-state index is 5.33. The summed E-state index contributed by atoms with van der Waals surface area (Å²) in [4.78, 5) is 2.45. The van der Waals surface area contributed by atoms with Gasteiger partial charge < -0.3 is 14.8 Å². The van der Waals surface area contributed by atoms with E-state index < -0.39 is 0 Å². The van der Waals surface area contributed by atoms with Crippen molar-refractivity contribution in [2.24, 2.45) is 0 Å². The molecule has 0 bridgehead atoms. The molecule has 0 aliphatic carbocycles. The molecule has 4 heteroatoms. The summed E-state index contributed by atoms with van der Waals surface area (Å²) in [6, 6.07) is 11.5. The number of nitrogens with zero attached hydrogens (tertiary/aromatic N) is 1. The summed E-state index contributed by atoms with van der Waals surface area (Å²) >= 11 is 0. The van der Waals surface area contributed by atoms with Crippen LogP contribution in [0, 0.1) is 0 Å². The summed E-state index contributed by atoms with van der Waals surface area (Å²) in [6.07, 6.45) is 0. The van der Waals surface area contributed by atoms with Crippen LogP contribution in [-0.2, 0) is 9.47 Å². The fourth-order valence-corrected chi connectivity index (χ4v) is 2.90. The van der Waals surface area contributed by atoms with Crippen molar-refractivity contribution < 1.29 is 9.47 Å². The van der Waals surface area contributed by atoms with E-state index in [1.165, 1.54) is 5.56 Å². The molecule has 0 aromatic heterocycles. The molecule has 1 rings (SSSR count). The Balaban J connectivity index is 2.87. The molecule has 1 aromatic rings. The van der Waals surface area contributed by atoms with Crippen molar-refractivity contribution >= 4 is 0 Å². The maximum atomic E-state index is 5.33. The third-order valence-corrected chi connectivity index (χ3v) is 4.00. The molecule has 120 valence electrons. The van der Waals surface area contributed by atoms with E-state index in [0.29, 0.717) is 12.1 Å². The van der Waals surface area contributed by atoms with Crippen LogP contribution in [-0.4, -0.2) is 58.0 Å². The van der Waals surface area contributed by atoms with E-state index in [9.17, 15) is 0 Å². The summed E-state index contributed by atoms with van der Waals surface area (Å²) < 4.78 is 10.6. The van der Waals surface area contributed by atoms with Gasteiger partial charge in [-0.2, -0.15) is 0 Å². The van der Waals surface area contributed by atoms with Crippen LogP contribution in [0.25, 0.3) is 0 Å². The molecule has 21 heavy (non-hydrogen) atoms. The SMILES string of the molecule is CNC(c1ccccc1)C(C)N(CCOC)C(C)COC. The highest BCUT2D eigenvalue weighted by Gasteiger charge is 2.27. The van der Waals surface area contributed by atoms with Gasteiger partial charge in [-0.3, -0.25) is 4.90 Å². The second-order valence-electron chi connectivity index (χ2n) is 5.45. The van der Waals surface area contributed by atoms with E-state index in [0.717, 1.165) is 19.8 Å². The summed E-state index contributed by atoms with van der Waals surface area (Å²) in [5.41, 5.74) is 1.31. The topological polar surface area (TPSA) is 33.7 Å². The Bertz CT molecular complexity index is 372. The molecule has 0 aliphatic rings. The molecule has 0 aliphatic heterocycles. The molecular weight excluding hydrogens is 264 g/mol. The van der Waals surface area contributed by atoms with Crippen LogP contribution in [0.1, 0.15) is 25.5 Å². The van der Waals surface area contributed by atoms with Crippen molar-refractivity contribution in [1.29, 1.82) is 0 Å². The number of rotatable bonds is 10. The van der Waals surface area contributed by atoms with Crippen LogP contribution in [0.5, 0.6) is 0 Å². The molecule has 3 atom stereocenters. The number of hydrogen-bond acceptors (Lipinski definition) is 4. The summed E-state index contributed by atoms with van der Waals surface area (Å²) in [5, 5.41) is 3.45. The number of methoxy groups -OCH3 is 2. The number of nitrogens with one attached hydrogen (secondary N) is 1. The van der Waals surface area contributed by atoms with E-state index in [2.05, 4.69) is 54.4 Å². The van der Waals surface area contributed by atoms with Crippen molar-refractivity contribution in [1.82, 2.24) is 10.2 Å². The van der Waals surface area contributed by atoms with Gasteiger partial charge in [0, 0.05) is 38.9 Å². The zero-order valence-electron chi connectivity index (χ0n) is 14.0. The first-order chi connectivity index (χ1) is 10.2. The van der Waals surface area contributed by atoms with Gasteiger partial charge >= 0.3 is 0 Å². The summed E-state index contributed by atoms with van der Waals surface area (Å²) in [5.74, 6) is 0. The number of benzene rings is 1. The van der Waals surface area contributed by atoms with Crippen LogP contribution in [0.3, 0.4) is 0 Å². The number of ether oxygens (including phenoxy) is 2. The predicted molar refractivity (Wildman–Crippen MR) is 87.6 cm³/mol. The minimum absolute atomic E-state index is 0.280. The van der Waals surface area contributed by atoms with Crippen LogP contribution in [0.4, 0.5) is 0 Å². The first kappa shape index (κ1) is 18.1. The van der Waals surface area contributed by atoms with Gasteiger partial charge in [-0.15, -0.1) is 0 Å². The Labute approximate surface area is 129 Å². The lowest BCUT2D eigenvalue weighted by Gasteiger charge is -2.38. The van der Waals surface area contributed by atoms with Crippen molar-refractivity contribution in [2.75, 3.05) is 41.0 Å². The lowest BCUT2D eigenvalue weighted by Crippen LogP contribution is -2.49. The molecule has 0 amide bonds. The van der Waals surface area contributed by atoms with Crippen molar-refractivity contribution in [3.05, 3.63) is 35.9 Å². The highest BCUT2D eigenvalue weighted by molar-refractivity contribution is 5.20. The second-order valence-corrected chi connectivity index (χ2v) is 5.45. The summed E-state index contributed by atoms with van der Waals surface area (Å²) in [6.45, 7) is 6.81. The largest absolute Gasteiger partial charge is 0.383 e. The quantitative estimate of drug-likeness (QED) is 0.718. The van der Waals surface area contributed by atoms with E-state index in [4.69, 9.17) is 9.47 Å². The molecule has 0 heterocycles. The fourth-order valence-electron chi connectivity index (χ4n) is 2.90. The van der Waals surface area contributed by atoms with Crippen LogP contribution in [0.15, 0.2) is 30.3 Å². The fraction of sp³-hybridized carbons (Fsp3) is 0.647. The van der Waals surface area contributed by atoms with Crippen LogP contribution in [0.2, 0.25) is 0 Å².